The molecule has 3 aromatic rings. The number of ether oxygens (including phenoxy) is 1. The van der Waals surface area contributed by atoms with E-state index in [1.165, 1.54) is 10.9 Å². The zero-order valence-corrected chi connectivity index (χ0v) is 13.5. The molecule has 4 rings (SSSR count). The lowest BCUT2D eigenvalue weighted by atomic mass is 9.99. The number of rotatable bonds is 3. The summed E-state index contributed by atoms with van der Waals surface area (Å²) in [4.78, 5) is 6.79. The van der Waals surface area contributed by atoms with Crippen molar-refractivity contribution in [1.29, 1.82) is 0 Å². The van der Waals surface area contributed by atoms with Gasteiger partial charge in [-0.2, -0.15) is 0 Å². The highest BCUT2D eigenvalue weighted by Crippen LogP contribution is 2.29. The van der Waals surface area contributed by atoms with Crippen LogP contribution in [0.5, 0.6) is 5.75 Å². The van der Waals surface area contributed by atoms with Gasteiger partial charge in [0.1, 0.15) is 5.75 Å². The van der Waals surface area contributed by atoms with Crippen molar-refractivity contribution >= 4 is 10.8 Å². The van der Waals surface area contributed by atoms with Gasteiger partial charge < -0.3 is 9.84 Å². The summed E-state index contributed by atoms with van der Waals surface area (Å²) in [5.74, 6) is 0.278. The molecule has 0 unspecified atom stereocenters. The summed E-state index contributed by atoms with van der Waals surface area (Å²) < 4.78 is 5.42. The zero-order valence-electron chi connectivity index (χ0n) is 13.5. The monoisotopic (exact) mass is 320 g/mol. The number of nitrogens with zero attached hydrogens (tertiary/aromatic N) is 2. The van der Waals surface area contributed by atoms with Crippen LogP contribution in [0.1, 0.15) is 5.56 Å². The van der Waals surface area contributed by atoms with E-state index in [9.17, 15) is 5.11 Å². The number of phenols is 1. The fourth-order valence-corrected chi connectivity index (χ4v) is 3.20. The molecule has 0 saturated carbocycles. The molecule has 0 amide bonds. The molecule has 0 aliphatic carbocycles. The van der Waals surface area contributed by atoms with Crippen molar-refractivity contribution in [3.63, 3.8) is 0 Å². The van der Waals surface area contributed by atoms with Gasteiger partial charge in [-0.1, -0.05) is 24.3 Å². The van der Waals surface area contributed by atoms with Crippen molar-refractivity contribution < 1.29 is 9.84 Å². The molecule has 2 aromatic carbocycles. The predicted octanol–water partition coefficient (Wildman–Crippen LogP) is 3.44. The molecule has 0 spiro atoms. The Morgan fingerprint density at radius 2 is 1.79 bits per heavy atom. The lowest BCUT2D eigenvalue weighted by molar-refractivity contribution is 0.0342. The third kappa shape index (κ3) is 3.11. The van der Waals surface area contributed by atoms with Crippen molar-refractivity contribution in [3.05, 3.63) is 60.4 Å². The van der Waals surface area contributed by atoms with Crippen LogP contribution in [-0.4, -0.2) is 41.3 Å². The normalized spacial score (nSPS) is 15.7. The Labute approximate surface area is 141 Å². The van der Waals surface area contributed by atoms with Crippen molar-refractivity contribution in [2.45, 2.75) is 6.54 Å². The first kappa shape index (κ1) is 15.1. The topological polar surface area (TPSA) is 45.6 Å². The van der Waals surface area contributed by atoms with Crippen molar-refractivity contribution in [2.24, 2.45) is 0 Å². The van der Waals surface area contributed by atoms with Gasteiger partial charge in [0.25, 0.3) is 0 Å². The number of pyridine rings is 1. The minimum Gasteiger partial charge on any atom is -0.508 e. The number of hydrogen-bond acceptors (Lipinski definition) is 4. The number of hydrogen-bond donors (Lipinski definition) is 1. The van der Waals surface area contributed by atoms with Crippen LogP contribution >= 0.6 is 0 Å². The lowest BCUT2D eigenvalue weighted by Crippen LogP contribution is -2.35. The number of phenolic OH excluding ortho intramolecular Hbond substituents is 1. The van der Waals surface area contributed by atoms with E-state index in [0.717, 1.165) is 49.4 Å². The Hall–Kier alpha value is -2.43. The minimum absolute atomic E-state index is 0.278. The molecule has 0 radical (unpaired) electrons. The van der Waals surface area contributed by atoms with Crippen LogP contribution in [0.3, 0.4) is 0 Å². The number of fused-ring (bicyclic) bond motifs is 1. The molecule has 4 heteroatoms. The van der Waals surface area contributed by atoms with Gasteiger partial charge in [0.2, 0.25) is 0 Å². The van der Waals surface area contributed by atoms with Gasteiger partial charge in [0.15, 0.2) is 0 Å². The van der Waals surface area contributed by atoms with E-state index in [-0.39, 0.29) is 5.75 Å². The van der Waals surface area contributed by atoms with E-state index in [0.29, 0.717) is 0 Å². The van der Waals surface area contributed by atoms with E-state index in [1.54, 1.807) is 12.1 Å². The second kappa shape index (κ2) is 6.59. The van der Waals surface area contributed by atoms with Crippen LogP contribution in [0.25, 0.3) is 21.9 Å². The average Bonchev–Trinajstić information content (AvgIpc) is 2.63. The van der Waals surface area contributed by atoms with Gasteiger partial charge in [0.05, 0.1) is 13.2 Å². The standard InChI is InChI=1S/C20H20N2O2/c23-18-5-3-16(4-6-18)20-13-21-12-17-2-1-15(11-19(17)20)14-22-7-9-24-10-8-22/h1-6,11-13,23H,7-10,14H2. The SMILES string of the molecule is Oc1ccc(-c2cncc3ccc(CN4CCOCC4)cc23)cc1. The highest BCUT2D eigenvalue weighted by Gasteiger charge is 2.12. The third-order valence-corrected chi connectivity index (χ3v) is 4.51. The van der Waals surface area contributed by atoms with E-state index >= 15 is 0 Å². The smallest absolute Gasteiger partial charge is 0.115 e. The number of aromatic hydroxyl groups is 1. The summed E-state index contributed by atoms with van der Waals surface area (Å²) in [6.07, 6.45) is 3.80. The Morgan fingerprint density at radius 1 is 1.00 bits per heavy atom. The number of morpholine rings is 1. The summed E-state index contributed by atoms with van der Waals surface area (Å²) >= 11 is 0. The molecule has 1 aliphatic heterocycles. The van der Waals surface area contributed by atoms with Gasteiger partial charge in [0, 0.05) is 43.0 Å². The molecule has 24 heavy (non-hydrogen) atoms. The Bertz CT molecular complexity index is 840. The lowest BCUT2D eigenvalue weighted by Gasteiger charge is -2.26. The summed E-state index contributed by atoms with van der Waals surface area (Å²) in [6.45, 7) is 4.54. The van der Waals surface area contributed by atoms with Crippen molar-refractivity contribution in [2.75, 3.05) is 26.3 Å². The fraction of sp³-hybridized carbons (Fsp3) is 0.250. The van der Waals surface area contributed by atoms with E-state index in [1.807, 2.05) is 24.5 Å². The van der Waals surface area contributed by atoms with Crippen LogP contribution in [0, 0.1) is 0 Å². The Kier molecular flexibility index (Phi) is 4.15. The summed E-state index contributed by atoms with van der Waals surface area (Å²) in [7, 11) is 0. The number of benzene rings is 2. The van der Waals surface area contributed by atoms with Gasteiger partial charge in [-0.25, -0.2) is 0 Å². The first-order valence-corrected chi connectivity index (χ1v) is 8.26. The zero-order chi connectivity index (χ0) is 16.4. The molecule has 0 atom stereocenters. The quantitative estimate of drug-likeness (QED) is 0.803. The van der Waals surface area contributed by atoms with Crippen molar-refractivity contribution in [3.8, 4) is 16.9 Å². The van der Waals surface area contributed by atoms with Gasteiger partial charge in [-0.05, 0) is 34.7 Å². The maximum absolute atomic E-state index is 9.51. The van der Waals surface area contributed by atoms with Gasteiger partial charge in [-0.3, -0.25) is 9.88 Å². The molecule has 1 aromatic heterocycles. The van der Waals surface area contributed by atoms with Crippen LogP contribution in [-0.2, 0) is 11.3 Å². The van der Waals surface area contributed by atoms with E-state index < -0.39 is 0 Å². The molecule has 1 saturated heterocycles. The molecule has 1 aliphatic rings. The second-order valence-electron chi connectivity index (χ2n) is 6.18. The second-order valence-corrected chi connectivity index (χ2v) is 6.18. The predicted molar refractivity (Wildman–Crippen MR) is 94.9 cm³/mol. The fourth-order valence-electron chi connectivity index (χ4n) is 3.20. The largest absolute Gasteiger partial charge is 0.508 e. The third-order valence-electron chi connectivity index (χ3n) is 4.51. The molecule has 122 valence electrons. The van der Waals surface area contributed by atoms with Crippen LogP contribution in [0.2, 0.25) is 0 Å². The molecule has 1 N–H and O–H groups in total. The summed E-state index contributed by atoms with van der Waals surface area (Å²) in [5, 5.41) is 11.8. The molecular weight excluding hydrogens is 300 g/mol. The van der Waals surface area contributed by atoms with Crippen LogP contribution in [0.4, 0.5) is 0 Å². The summed E-state index contributed by atoms with van der Waals surface area (Å²) in [6, 6.07) is 13.9. The maximum atomic E-state index is 9.51. The first-order chi connectivity index (χ1) is 11.8. The first-order valence-electron chi connectivity index (χ1n) is 8.26. The molecular formula is C20H20N2O2. The average molecular weight is 320 g/mol. The van der Waals surface area contributed by atoms with Gasteiger partial charge >= 0.3 is 0 Å². The van der Waals surface area contributed by atoms with Gasteiger partial charge in [-0.15, -0.1) is 0 Å². The Morgan fingerprint density at radius 3 is 2.58 bits per heavy atom. The molecule has 0 bridgehead atoms. The van der Waals surface area contributed by atoms with Crippen molar-refractivity contribution in [1.82, 2.24) is 9.88 Å². The Balaban J connectivity index is 1.71. The minimum atomic E-state index is 0.278. The maximum Gasteiger partial charge on any atom is 0.115 e. The molecule has 1 fully saturated rings. The van der Waals surface area contributed by atoms with Crippen LogP contribution < -0.4 is 0 Å². The molecule has 2 heterocycles. The number of aromatic nitrogens is 1. The highest BCUT2D eigenvalue weighted by atomic mass is 16.5. The summed E-state index contributed by atoms with van der Waals surface area (Å²) in [5.41, 5.74) is 3.46. The van der Waals surface area contributed by atoms with E-state index in [2.05, 4.69) is 28.1 Å². The van der Waals surface area contributed by atoms with E-state index in [4.69, 9.17) is 4.74 Å². The highest BCUT2D eigenvalue weighted by molar-refractivity contribution is 5.96. The molecule has 4 nitrogen and oxygen atoms in total. The van der Waals surface area contributed by atoms with Crippen LogP contribution in [0.15, 0.2) is 54.9 Å².